The van der Waals surface area contributed by atoms with E-state index in [0.29, 0.717) is 10.6 Å². The maximum Gasteiger partial charge on any atom is 0.263 e. The van der Waals surface area contributed by atoms with Crippen molar-refractivity contribution in [3.63, 3.8) is 0 Å². The van der Waals surface area contributed by atoms with Crippen LogP contribution in [0.5, 0.6) is 0 Å². The first-order valence-electron chi connectivity index (χ1n) is 7.79. The van der Waals surface area contributed by atoms with Gasteiger partial charge in [0.15, 0.2) is 0 Å². The molecular weight excluding hydrogens is 280 g/mol. The Hall–Kier alpha value is -1.55. The molecule has 0 bridgehead atoms. The molecule has 3 N–H and O–H groups in total. The minimum Gasteiger partial charge on any atom is -0.397 e. The maximum atomic E-state index is 12.2. The second-order valence-electron chi connectivity index (χ2n) is 5.36. The molecule has 1 aromatic carbocycles. The summed E-state index contributed by atoms with van der Waals surface area (Å²) in [5, 5.41) is 3.96. The molecule has 3 nitrogen and oxygen atoms in total. The van der Waals surface area contributed by atoms with E-state index in [-0.39, 0.29) is 5.91 Å². The van der Waals surface area contributed by atoms with Gasteiger partial charge in [-0.2, -0.15) is 0 Å². The highest BCUT2D eigenvalue weighted by Crippen LogP contribution is 2.33. The summed E-state index contributed by atoms with van der Waals surface area (Å²) in [4.78, 5) is 12.8. The highest BCUT2D eigenvalue weighted by molar-refractivity contribution is 7.21. The number of hydrogen-bond acceptors (Lipinski definition) is 3. The number of amides is 1. The summed E-state index contributed by atoms with van der Waals surface area (Å²) in [6.07, 6.45) is 7.36. The number of nitrogen functional groups attached to an aromatic ring is 1. The van der Waals surface area contributed by atoms with Crippen molar-refractivity contribution in [2.24, 2.45) is 0 Å². The highest BCUT2D eigenvalue weighted by Gasteiger charge is 2.15. The normalized spacial score (nSPS) is 10.9. The molecule has 114 valence electrons. The number of nitrogens with one attached hydrogen (secondary N) is 1. The lowest BCUT2D eigenvalue weighted by Crippen LogP contribution is -2.24. The van der Waals surface area contributed by atoms with Crippen LogP contribution in [0, 0.1) is 0 Å². The Morgan fingerprint density at radius 1 is 1.14 bits per heavy atom. The van der Waals surface area contributed by atoms with Crippen molar-refractivity contribution in [2.45, 2.75) is 45.4 Å². The minimum absolute atomic E-state index is 0.0396. The quantitative estimate of drug-likeness (QED) is 0.702. The largest absolute Gasteiger partial charge is 0.397 e. The SMILES string of the molecule is CCCCCCCCNC(=O)c1sc2ccccc2c1N. The van der Waals surface area contributed by atoms with Crippen LogP contribution in [0.2, 0.25) is 0 Å². The second-order valence-corrected chi connectivity index (χ2v) is 6.42. The van der Waals surface area contributed by atoms with E-state index >= 15 is 0 Å². The number of nitrogens with two attached hydrogens (primary N) is 1. The van der Waals surface area contributed by atoms with E-state index in [0.717, 1.165) is 23.1 Å². The Kier molecular flexibility index (Phi) is 6.05. The molecule has 0 aliphatic carbocycles. The number of benzene rings is 1. The molecule has 1 aromatic heterocycles. The van der Waals surface area contributed by atoms with Crippen molar-refractivity contribution in [1.82, 2.24) is 5.32 Å². The average Bonchev–Trinajstić information content (AvgIpc) is 2.84. The van der Waals surface area contributed by atoms with Gasteiger partial charge in [0.1, 0.15) is 4.88 Å². The standard InChI is InChI=1S/C17H24N2OS/c1-2-3-4-5-6-9-12-19-17(20)16-15(18)13-10-7-8-11-14(13)21-16/h7-8,10-11H,2-6,9,12,18H2,1H3,(H,19,20). The maximum absolute atomic E-state index is 12.2. The second kappa shape index (κ2) is 8.03. The Morgan fingerprint density at radius 2 is 1.86 bits per heavy atom. The van der Waals surface area contributed by atoms with Crippen LogP contribution in [-0.2, 0) is 0 Å². The Bertz CT molecular complexity index is 591. The molecule has 0 unspecified atom stereocenters. The molecule has 0 aliphatic rings. The van der Waals surface area contributed by atoms with Gasteiger partial charge in [0, 0.05) is 16.6 Å². The summed E-state index contributed by atoms with van der Waals surface area (Å²) in [6.45, 7) is 2.95. The van der Waals surface area contributed by atoms with E-state index in [1.54, 1.807) is 0 Å². The van der Waals surface area contributed by atoms with Gasteiger partial charge in [0.25, 0.3) is 5.91 Å². The van der Waals surface area contributed by atoms with E-state index in [1.165, 1.54) is 43.4 Å². The Labute approximate surface area is 130 Å². The smallest absolute Gasteiger partial charge is 0.263 e. The van der Waals surface area contributed by atoms with Crippen LogP contribution in [0.25, 0.3) is 10.1 Å². The fourth-order valence-electron chi connectivity index (χ4n) is 2.42. The van der Waals surface area contributed by atoms with Crippen molar-refractivity contribution in [3.8, 4) is 0 Å². The molecule has 0 saturated carbocycles. The molecule has 4 heteroatoms. The number of fused-ring (bicyclic) bond motifs is 1. The number of carbonyl (C=O) groups is 1. The third kappa shape index (κ3) is 4.21. The number of carbonyl (C=O) groups excluding carboxylic acids is 1. The molecule has 0 aliphatic heterocycles. The molecule has 1 heterocycles. The van der Waals surface area contributed by atoms with Gasteiger partial charge in [-0.1, -0.05) is 57.2 Å². The van der Waals surface area contributed by atoms with Crippen LogP contribution in [0.1, 0.15) is 55.1 Å². The van der Waals surface area contributed by atoms with E-state index in [2.05, 4.69) is 12.2 Å². The lowest BCUT2D eigenvalue weighted by Gasteiger charge is -2.04. The van der Waals surface area contributed by atoms with Crippen molar-refractivity contribution in [2.75, 3.05) is 12.3 Å². The molecule has 0 atom stereocenters. The molecule has 1 amide bonds. The molecule has 0 saturated heterocycles. The number of thiophene rings is 1. The number of rotatable bonds is 8. The predicted octanol–water partition coefficient (Wildman–Crippen LogP) is 4.57. The van der Waals surface area contributed by atoms with Crippen molar-refractivity contribution in [3.05, 3.63) is 29.1 Å². The topological polar surface area (TPSA) is 55.1 Å². The third-order valence-electron chi connectivity index (χ3n) is 3.66. The Morgan fingerprint density at radius 3 is 2.62 bits per heavy atom. The summed E-state index contributed by atoms with van der Waals surface area (Å²) in [7, 11) is 0. The summed E-state index contributed by atoms with van der Waals surface area (Å²) >= 11 is 1.47. The van der Waals surface area contributed by atoms with Gasteiger partial charge < -0.3 is 11.1 Å². The van der Waals surface area contributed by atoms with Crippen LogP contribution in [0.3, 0.4) is 0 Å². The van der Waals surface area contributed by atoms with Gasteiger partial charge in [-0.3, -0.25) is 4.79 Å². The number of anilines is 1. The molecule has 2 rings (SSSR count). The number of unbranched alkanes of at least 4 members (excludes halogenated alkanes) is 5. The van der Waals surface area contributed by atoms with Crippen LogP contribution >= 0.6 is 11.3 Å². The third-order valence-corrected chi connectivity index (χ3v) is 4.84. The summed E-state index contributed by atoms with van der Waals surface area (Å²) in [5.74, 6) is -0.0396. The summed E-state index contributed by atoms with van der Waals surface area (Å²) in [5.41, 5.74) is 6.68. The van der Waals surface area contributed by atoms with Gasteiger partial charge in [-0.05, 0) is 12.5 Å². The van der Waals surface area contributed by atoms with Gasteiger partial charge in [0.05, 0.1) is 5.69 Å². The first-order valence-corrected chi connectivity index (χ1v) is 8.61. The zero-order chi connectivity index (χ0) is 15.1. The average molecular weight is 304 g/mol. The van der Waals surface area contributed by atoms with Crippen LogP contribution < -0.4 is 11.1 Å². The molecule has 0 radical (unpaired) electrons. The van der Waals surface area contributed by atoms with Crippen molar-refractivity contribution in [1.29, 1.82) is 0 Å². The first-order chi connectivity index (χ1) is 10.2. The van der Waals surface area contributed by atoms with Crippen molar-refractivity contribution >= 4 is 33.0 Å². The first kappa shape index (κ1) is 15.8. The van der Waals surface area contributed by atoms with Gasteiger partial charge in [-0.15, -0.1) is 11.3 Å². The van der Waals surface area contributed by atoms with Gasteiger partial charge >= 0.3 is 0 Å². The molecule has 21 heavy (non-hydrogen) atoms. The van der Waals surface area contributed by atoms with Crippen LogP contribution in [0.4, 0.5) is 5.69 Å². The summed E-state index contributed by atoms with van der Waals surface area (Å²) in [6, 6.07) is 7.88. The fourth-order valence-corrected chi connectivity index (χ4v) is 3.46. The minimum atomic E-state index is -0.0396. The lowest BCUT2D eigenvalue weighted by molar-refractivity contribution is 0.0958. The van der Waals surface area contributed by atoms with Gasteiger partial charge in [0.2, 0.25) is 0 Å². The molecule has 0 spiro atoms. The Balaban J connectivity index is 1.81. The monoisotopic (exact) mass is 304 g/mol. The number of hydrogen-bond donors (Lipinski definition) is 2. The van der Waals surface area contributed by atoms with E-state index in [9.17, 15) is 4.79 Å². The summed E-state index contributed by atoms with van der Waals surface area (Å²) < 4.78 is 1.07. The van der Waals surface area contributed by atoms with Crippen molar-refractivity contribution < 1.29 is 4.79 Å². The predicted molar refractivity (Wildman–Crippen MR) is 91.9 cm³/mol. The molecular formula is C17H24N2OS. The molecule has 0 fully saturated rings. The fraction of sp³-hybridized carbons (Fsp3) is 0.471. The molecule has 2 aromatic rings. The van der Waals surface area contributed by atoms with Gasteiger partial charge in [-0.25, -0.2) is 0 Å². The van der Waals surface area contributed by atoms with Crippen LogP contribution in [0.15, 0.2) is 24.3 Å². The highest BCUT2D eigenvalue weighted by atomic mass is 32.1. The van der Waals surface area contributed by atoms with E-state index in [4.69, 9.17) is 5.73 Å². The van der Waals surface area contributed by atoms with E-state index < -0.39 is 0 Å². The zero-order valence-corrected chi connectivity index (χ0v) is 13.5. The van der Waals surface area contributed by atoms with E-state index in [1.807, 2.05) is 24.3 Å². The van der Waals surface area contributed by atoms with Crippen LogP contribution in [-0.4, -0.2) is 12.5 Å². The zero-order valence-electron chi connectivity index (χ0n) is 12.7. The lowest BCUT2D eigenvalue weighted by atomic mass is 10.1.